The van der Waals surface area contributed by atoms with E-state index in [1.165, 1.54) is 28.8 Å². The smallest absolute Gasteiger partial charge is 0.335 e. The number of benzene rings is 3. The molecular weight excluding hydrogens is 575 g/mol. The van der Waals surface area contributed by atoms with E-state index in [2.05, 4.69) is 20.9 Å². The summed E-state index contributed by atoms with van der Waals surface area (Å²) in [4.78, 5) is 30.4. The van der Waals surface area contributed by atoms with Crippen LogP contribution < -0.4 is 4.74 Å². The number of aliphatic imine (C=N–C) groups is 1. The number of amides is 1. The first-order valence-corrected chi connectivity index (χ1v) is 12.5. The molecule has 1 aliphatic rings. The van der Waals surface area contributed by atoms with Crippen molar-refractivity contribution < 1.29 is 19.4 Å². The first kappa shape index (κ1) is 25.3. The number of carboxylic acid groups (broad SMARTS) is 1. The van der Waals surface area contributed by atoms with Gasteiger partial charge in [-0.05, 0) is 78.0 Å². The zero-order valence-electron chi connectivity index (χ0n) is 18.2. The second kappa shape index (κ2) is 10.9. The van der Waals surface area contributed by atoms with Crippen molar-refractivity contribution in [2.45, 2.75) is 6.61 Å². The third-order valence-corrected chi connectivity index (χ3v) is 7.27. The van der Waals surface area contributed by atoms with Gasteiger partial charge in [0.2, 0.25) is 0 Å². The molecule has 1 heterocycles. The van der Waals surface area contributed by atoms with Gasteiger partial charge in [-0.3, -0.25) is 9.69 Å². The van der Waals surface area contributed by atoms with Crippen LogP contribution in [-0.4, -0.2) is 34.1 Å². The highest BCUT2D eigenvalue weighted by Crippen LogP contribution is 2.36. The van der Waals surface area contributed by atoms with Gasteiger partial charge < -0.3 is 9.84 Å². The Bertz CT molecular complexity index is 1380. The Morgan fingerprint density at radius 3 is 2.54 bits per heavy atom. The van der Waals surface area contributed by atoms with Gasteiger partial charge in [0.1, 0.15) is 12.4 Å². The Hall–Kier alpha value is -2.78. The summed E-state index contributed by atoms with van der Waals surface area (Å²) in [5.74, 6) is -0.619. The Kier molecular flexibility index (Phi) is 7.86. The van der Waals surface area contributed by atoms with E-state index in [-0.39, 0.29) is 18.1 Å². The fourth-order valence-corrected chi connectivity index (χ4v) is 4.81. The highest BCUT2D eigenvalue weighted by Gasteiger charge is 2.30. The van der Waals surface area contributed by atoms with Crippen molar-refractivity contribution >= 4 is 79.7 Å². The minimum atomic E-state index is -1.01. The van der Waals surface area contributed by atoms with E-state index in [0.717, 1.165) is 15.6 Å². The van der Waals surface area contributed by atoms with Crippen LogP contribution in [0.4, 0.5) is 5.69 Å². The maximum Gasteiger partial charge on any atom is 0.335 e. The van der Waals surface area contributed by atoms with Gasteiger partial charge in [-0.25, -0.2) is 9.79 Å². The van der Waals surface area contributed by atoms with Gasteiger partial charge in [0.15, 0.2) is 5.17 Å². The first-order chi connectivity index (χ1) is 16.7. The number of amidine groups is 1. The summed E-state index contributed by atoms with van der Waals surface area (Å²) < 4.78 is 6.85. The topological polar surface area (TPSA) is 79.2 Å². The van der Waals surface area contributed by atoms with Crippen molar-refractivity contribution in [3.8, 4) is 5.75 Å². The molecule has 0 bridgehead atoms. The number of hydrogen-bond acceptors (Lipinski definition) is 5. The molecule has 0 atom stereocenters. The lowest BCUT2D eigenvalue weighted by Crippen LogP contribution is -2.23. The zero-order valence-corrected chi connectivity index (χ0v) is 22.1. The van der Waals surface area contributed by atoms with Crippen molar-refractivity contribution in [1.82, 2.24) is 4.90 Å². The molecule has 0 unspecified atom stereocenters. The van der Waals surface area contributed by atoms with E-state index < -0.39 is 5.97 Å². The molecule has 0 aromatic heterocycles. The lowest BCUT2D eigenvalue weighted by molar-refractivity contribution is -0.121. The Morgan fingerprint density at radius 1 is 1.11 bits per heavy atom. The van der Waals surface area contributed by atoms with Gasteiger partial charge >= 0.3 is 5.97 Å². The number of halogens is 3. The molecule has 4 rings (SSSR count). The minimum absolute atomic E-state index is 0.168. The standard InChI is InChI=1S/C25H17BrCl2N2O4S/c1-30-23(31)22(35-25(30)29-18-6-3-15(4-7-18)24(32)33)12-16-11-17(26)5-9-21(16)34-13-14-2-8-19(27)20(28)10-14/h2-12H,13H2,1H3,(H,32,33)/b22-12-,29-25?. The molecule has 10 heteroatoms. The molecule has 0 radical (unpaired) electrons. The highest BCUT2D eigenvalue weighted by molar-refractivity contribution is 9.10. The predicted octanol–water partition coefficient (Wildman–Crippen LogP) is 7.27. The molecule has 1 fully saturated rings. The molecule has 0 spiro atoms. The van der Waals surface area contributed by atoms with E-state index in [1.54, 1.807) is 37.4 Å². The number of rotatable bonds is 6. The van der Waals surface area contributed by atoms with Crippen LogP contribution >= 0.6 is 50.9 Å². The molecule has 1 aliphatic heterocycles. The van der Waals surface area contributed by atoms with Crippen molar-refractivity contribution in [3.05, 3.63) is 96.8 Å². The molecule has 1 saturated heterocycles. The van der Waals surface area contributed by atoms with Crippen LogP contribution in [0.1, 0.15) is 21.5 Å². The normalized spacial score (nSPS) is 15.8. The molecular formula is C25H17BrCl2N2O4S. The predicted molar refractivity (Wildman–Crippen MR) is 144 cm³/mol. The molecule has 6 nitrogen and oxygen atoms in total. The fourth-order valence-electron chi connectivity index (χ4n) is 3.14. The lowest BCUT2D eigenvalue weighted by atomic mass is 10.1. The lowest BCUT2D eigenvalue weighted by Gasteiger charge is -2.11. The number of aromatic carboxylic acids is 1. The third kappa shape index (κ3) is 6.08. The molecule has 35 heavy (non-hydrogen) atoms. The molecule has 3 aromatic rings. The molecule has 0 aliphatic carbocycles. The van der Waals surface area contributed by atoms with Crippen LogP contribution in [-0.2, 0) is 11.4 Å². The number of likely N-dealkylation sites (N-methyl/N-ethyl adjacent to an activating group) is 1. The zero-order chi connectivity index (χ0) is 25.1. The maximum absolute atomic E-state index is 12.9. The molecule has 0 saturated carbocycles. The van der Waals surface area contributed by atoms with Crippen LogP contribution in [0.5, 0.6) is 5.75 Å². The summed E-state index contributed by atoms with van der Waals surface area (Å²) >= 11 is 16.8. The van der Waals surface area contributed by atoms with Gasteiger partial charge in [-0.2, -0.15) is 0 Å². The van der Waals surface area contributed by atoms with Crippen LogP contribution in [0.15, 0.2) is 75.0 Å². The largest absolute Gasteiger partial charge is 0.488 e. The number of carboxylic acids is 1. The van der Waals surface area contributed by atoms with Crippen LogP contribution in [0.3, 0.4) is 0 Å². The van der Waals surface area contributed by atoms with Crippen molar-refractivity contribution in [2.75, 3.05) is 7.05 Å². The van der Waals surface area contributed by atoms with Gasteiger partial charge in [0.25, 0.3) is 5.91 Å². The summed E-state index contributed by atoms with van der Waals surface area (Å²) in [7, 11) is 1.64. The highest BCUT2D eigenvalue weighted by atomic mass is 79.9. The number of thioether (sulfide) groups is 1. The SMILES string of the molecule is CN1C(=O)/C(=C/c2cc(Br)ccc2OCc2ccc(Cl)c(Cl)c2)SC1=Nc1ccc(C(=O)O)cc1. The average Bonchev–Trinajstić information content (AvgIpc) is 3.08. The van der Waals surface area contributed by atoms with E-state index in [4.69, 9.17) is 33.0 Å². The summed E-state index contributed by atoms with van der Waals surface area (Å²) in [6.07, 6.45) is 1.76. The summed E-state index contributed by atoms with van der Waals surface area (Å²) in [6, 6.07) is 17.0. The molecule has 3 aromatic carbocycles. The van der Waals surface area contributed by atoms with Gasteiger partial charge in [0, 0.05) is 17.1 Å². The van der Waals surface area contributed by atoms with Gasteiger partial charge in [-0.15, -0.1) is 0 Å². The van der Waals surface area contributed by atoms with Gasteiger partial charge in [-0.1, -0.05) is 45.2 Å². The molecule has 1 N–H and O–H groups in total. The minimum Gasteiger partial charge on any atom is -0.488 e. The monoisotopic (exact) mass is 590 g/mol. The second-order valence-corrected chi connectivity index (χ2v) is 10.2. The Labute approximate surface area is 224 Å². The Balaban J connectivity index is 1.57. The number of carbonyl (C=O) groups is 2. The van der Waals surface area contributed by atoms with E-state index in [0.29, 0.717) is 31.6 Å². The summed E-state index contributed by atoms with van der Waals surface area (Å²) in [6.45, 7) is 0.273. The summed E-state index contributed by atoms with van der Waals surface area (Å²) in [5.41, 5.74) is 2.29. The summed E-state index contributed by atoms with van der Waals surface area (Å²) in [5, 5.41) is 10.5. The van der Waals surface area contributed by atoms with Crippen LogP contribution in [0.2, 0.25) is 10.0 Å². The second-order valence-electron chi connectivity index (χ2n) is 7.44. The fraction of sp³-hybridized carbons (Fsp3) is 0.0800. The van der Waals surface area contributed by atoms with E-state index in [9.17, 15) is 9.59 Å². The van der Waals surface area contributed by atoms with Crippen LogP contribution in [0, 0.1) is 0 Å². The maximum atomic E-state index is 12.9. The quantitative estimate of drug-likeness (QED) is 0.305. The number of nitrogens with zero attached hydrogens (tertiary/aromatic N) is 2. The number of carbonyl (C=O) groups excluding carboxylic acids is 1. The average molecular weight is 592 g/mol. The van der Waals surface area contributed by atoms with E-state index >= 15 is 0 Å². The van der Waals surface area contributed by atoms with E-state index in [1.807, 2.05) is 24.3 Å². The van der Waals surface area contributed by atoms with Crippen LogP contribution in [0.25, 0.3) is 6.08 Å². The Morgan fingerprint density at radius 2 is 1.86 bits per heavy atom. The van der Waals surface area contributed by atoms with Crippen molar-refractivity contribution in [2.24, 2.45) is 4.99 Å². The van der Waals surface area contributed by atoms with Crippen molar-refractivity contribution in [3.63, 3.8) is 0 Å². The molecule has 1 amide bonds. The van der Waals surface area contributed by atoms with Gasteiger partial charge in [0.05, 0.1) is 26.2 Å². The molecule has 178 valence electrons. The van der Waals surface area contributed by atoms with Crippen molar-refractivity contribution in [1.29, 1.82) is 0 Å². The first-order valence-electron chi connectivity index (χ1n) is 10.2. The number of hydrogen-bond donors (Lipinski definition) is 1. The number of ether oxygens (including phenoxy) is 1. The third-order valence-electron chi connectivity index (χ3n) is 4.98.